The molecule has 0 saturated heterocycles. The van der Waals surface area contributed by atoms with Gasteiger partial charge in [-0.25, -0.2) is 4.98 Å². The maximum absolute atomic E-state index is 10.9. The second kappa shape index (κ2) is 6.31. The number of carboxylic acid groups (broad SMARTS) is 1. The highest BCUT2D eigenvalue weighted by molar-refractivity contribution is 7.10. The molecule has 0 aliphatic carbocycles. The van der Waals surface area contributed by atoms with Gasteiger partial charge < -0.3 is 9.84 Å². The van der Waals surface area contributed by atoms with Crippen LogP contribution in [0.1, 0.15) is 11.9 Å². The van der Waals surface area contributed by atoms with Gasteiger partial charge in [-0.2, -0.15) is 0 Å². The number of nitro groups is 1. The zero-order valence-electron chi connectivity index (χ0n) is 11.1. The SMILES string of the molecule is CCOc1ccc([N+](=O)[O-])cc1-c1csc(CC(=O)O)n1. The molecule has 2 aromatic rings. The molecule has 0 spiro atoms. The summed E-state index contributed by atoms with van der Waals surface area (Å²) in [5, 5.41) is 21.7. The zero-order chi connectivity index (χ0) is 15.4. The molecule has 2 rings (SSSR count). The van der Waals surface area contributed by atoms with E-state index in [4.69, 9.17) is 9.84 Å². The van der Waals surface area contributed by atoms with E-state index < -0.39 is 10.9 Å². The van der Waals surface area contributed by atoms with Crippen LogP contribution in [0.5, 0.6) is 5.75 Å². The molecular formula is C13H12N2O5S. The number of ether oxygens (including phenoxy) is 1. The van der Waals surface area contributed by atoms with Gasteiger partial charge in [-0.05, 0) is 13.0 Å². The van der Waals surface area contributed by atoms with Crippen molar-refractivity contribution in [2.75, 3.05) is 6.61 Å². The van der Waals surface area contributed by atoms with Crippen molar-refractivity contribution in [3.8, 4) is 17.0 Å². The van der Waals surface area contributed by atoms with Gasteiger partial charge in [-0.3, -0.25) is 14.9 Å². The second-order valence-corrected chi connectivity index (χ2v) is 5.01. The molecular weight excluding hydrogens is 296 g/mol. The highest BCUT2D eigenvalue weighted by Crippen LogP contribution is 2.34. The van der Waals surface area contributed by atoms with E-state index in [1.54, 1.807) is 5.38 Å². The summed E-state index contributed by atoms with van der Waals surface area (Å²) in [5.41, 5.74) is 0.892. The molecule has 0 unspecified atom stereocenters. The van der Waals surface area contributed by atoms with Crippen LogP contribution < -0.4 is 4.74 Å². The van der Waals surface area contributed by atoms with Crippen LogP contribution in [-0.2, 0) is 11.2 Å². The summed E-state index contributed by atoms with van der Waals surface area (Å²) in [4.78, 5) is 25.3. The Kier molecular flexibility index (Phi) is 4.49. The van der Waals surface area contributed by atoms with Gasteiger partial charge in [0, 0.05) is 23.1 Å². The predicted octanol–water partition coefficient (Wildman–Crippen LogP) is 2.74. The summed E-state index contributed by atoms with van der Waals surface area (Å²) in [6, 6.07) is 4.26. The van der Waals surface area contributed by atoms with Crippen molar-refractivity contribution < 1.29 is 19.6 Å². The summed E-state index contributed by atoms with van der Waals surface area (Å²) < 4.78 is 5.44. The van der Waals surface area contributed by atoms with Crippen molar-refractivity contribution in [1.82, 2.24) is 4.98 Å². The Hall–Kier alpha value is -2.48. The first-order valence-corrected chi connectivity index (χ1v) is 6.97. The number of rotatable bonds is 6. The van der Waals surface area contributed by atoms with E-state index in [9.17, 15) is 14.9 Å². The number of carboxylic acids is 1. The second-order valence-electron chi connectivity index (χ2n) is 4.07. The van der Waals surface area contributed by atoms with Crippen LogP contribution in [-0.4, -0.2) is 27.6 Å². The van der Waals surface area contributed by atoms with E-state index in [-0.39, 0.29) is 12.1 Å². The van der Waals surface area contributed by atoms with Crippen LogP contribution in [0, 0.1) is 10.1 Å². The molecule has 0 fully saturated rings. The van der Waals surface area contributed by atoms with Gasteiger partial charge >= 0.3 is 5.97 Å². The Balaban J connectivity index is 2.44. The number of nitro benzene ring substituents is 1. The molecule has 8 heteroatoms. The molecule has 0 radical (unpaired) electrons. The van der Waals surface area contributed by atoms with Crippen LogP contribution in [0.2, 0.25) is 0 Å². The summed E-state index contributed by atoms with van der Waals surface area (Å²) >= 11 is 1.20. The monoisotopic (exact) mass is 308 g/mol. The molecule has 21 heavy (non-hydrogen) atoms. The molecule has 1 heterocycles. The van der Waals surface area contributed by atoms with Crippen LogP contribution in [0.15, 0.2) is 23.6 Å². The van der Waals surface area contributed by atoms with Gasteiger partial charge in [0.1, 0.15) is 10.8 Å². The zero-order valence-corrected chi connectivity index (χ0v) is 11.9. The van der Waals surface area contributed by atoms with Crippen LogP contribution in [0.3, 0.4) is 0 Å². The van der Waals surface area contributed by atoms with Crippen LogP contribution in [0.4, 0.5) is 5.69 Å². The number of hydrogen-bond acceptors (Lipinski definition) is 6. The number of nitrogens with zero attached hydrogens (tertiary/aromatic N) is 2. The first-order valence-electron chi connectivity index (χ1n) is 6.09. The third-order valence-corrected chi connectivity index (χ3v) is 3.45. The molecule has 0 saturated carbocycles. The van der Waals surface area contributed by atoms with Gasteiger partial charge in [0.2, 0.25) is 0 Å². The van der Waals surface area contributed by atoms with E-state index in [0.29, 0.717) is 28.6 Å². The maximum atomic E-state index is 10.9. The molecule has 1 aromatic carbocycles. The van der Waals surface area contributed by atoms with Crippen LogP contribution >= 0.6 is 11.3 Å². The molecule has 0 aliphatic heterocycles. The molecule has 0 bridgehead atoms. The fourth-order valence-corrected chi connectivity index (χ4v) is 2.54. The van der Waals surface area contributed by atoms with Gasteiger partial charge in [0.05, 0.1) is 23.6 Å². The average Bonchev–Trinajstić information content (AvgIpc) is 2.86. The normalized spacial score (nSPS) is 10.3. The maximum Gasteiger partial charge on any atom is 0.310 e. The van der Waals surface area contributed by atoms with Crippen molar-refractivity contribution in [2.24, 2.45) is 0 Å². The number of hydrogen-bond donors (Lipinski definition) is 1. The molecule has 0 aliphatic rings. The molecule has 1 N–H and O–H groups in total. The Bertz CT molecular complexity index is 683. The number of benzene rings is 1. The third-order valence-electron chi connectivity index (χ3n) is 2.60. The van der Waals surface area contributed by atoms with Gasteiger partial charge in [0.25, 0.3) is 5.69 Å². The fourth-order valence-electron chi connectivity index (χ4n) is 1.76. The van der Waals surface area contributed by atoms with E-state index in [2.05, 4.69) is 4.98 Å². The molecule has 7 nitrogen and oxygen atoms in total. The lowest BCUT2D eigenvalue weighted by molar-refractivity contribution is -0.384. The lowest BCUT2D eigenvalue weighted by atomic mass is 10.1. The minimum Gasteiger partial charge on any atom is -0.493 e. The van der Waals surface area contributed by atoms with E-state index >= 15 is 0 Å². The summed E-state index contributed by atoms with van der Waals surface area (Å²) in [7, 11) is 0. The first-order chi connectivity index (χ1) is 10.0. The average molecular weight is 308 g/mol. The third kappa shape index (κ3) is 3.54. The van der Waals surface area contributed by atoms with Crippen molar-refractivity contribution in [2.45, 2.75) is 13.3 Å². The lowest BCUT2D eigenvalue weighted by Crippen LogP contribution is -1.99. The first kappa shape index (κ1) is 14.9. The lowest BCUT2D eigenvalue weighted by Gasteiger charge is -2.08. The number of non-ortho nitro benzene ring substituents is 1. The van der Waals surface area contributed by atoms with Gasteiger partial charge in [-0.15, -0.1) is 11.3 Å². The Morgan fingerprint density at radius 3 is 2.90 bits per heavy atom. The number of aromatic nitrogens is 1. The number of thiazole rings is 1. The number of aliphatic carboxylic acids is 1. The van der Waals surface area contributed by atoms with Crippen molar-refractivity contribution in [1.29, 1.82) is 0 Å². The predicted molar refractivity (Wildman–Crippen MR) is 76.7 cm³/mol. The van der Waals surface area contributed by atoms with Gasteiger partial charge in [0.15, 0.2) is 0 Å². The topological polar surface area (TPSA) is 103 Å². The Labute approximate surface area is 124 Å². The minimum absolute atomic E-state index is 0.0683. The Morgan fingerprint density at radius 1 is 1.52 bits per heavy atom. The van der Waals surface area contributed by atoms with Crippen molar-refractivity contribution in [3.63, 3.8) is 0 Å². The molecule has 0 atom stereocenters. The Morgan fingerprint density at radius 2 is 2.29 bits per heavy atom. The molecule has 1 aromatic heterocycles. The van der Waals surface area contributed by atoms with Crippen molar-refractivity contribution in [3.05, 3.63) is 38.7 Å². The van der Waals surface area contributed by atoms with E-state index in [1.807, 2.05) is 6.92 Å². The quantitative estimate of drug-likeness (QED) is 0.650. The summed E-state index contributed by atoms with van der Waals surface area (Å²) in [5.74, 6) is -0.491. The van der Waals surface area contributed by atoms with Crippen LogP contribution in [0.25, 0.3) is 11.3 Å². The summed E-state index contributed by atoms with van der Waals surface area (Å²) in [6.45, 7) is 2.22. The standard InChI is InChI=1S/C13H12N2O5S/c1-2-20-11-4-3-8(15(18)19)5-9(11)10-7-21-12(14-10)6-13(16)17/h3-5,7H,2,6H2,1H3,(H,16,17). The van der Waals surface area contributed by atoms with Crippen molar-refractivity contribution >= 4 is 23.0 Å². The summed E-state index contributed by atoms with van der Waals surface area (Å²) in [6.07, 6.45) is -0.177. The molecule has 0 amide bonds. The van der Waals surface area contributed by atoms with E-state index in [0.717, 1.165) is 0 Å². The largest absolute Gasteiger partial charge is 0.493 e. The van der Waals surface area contributed by atoms with Gasteiger partial charge in [-0.1, -0.05) is 0 Å². The highest BCUT2D eigenvalue weighted by atomic mass is 32.1. The molecule has 110 valence electrons. The fraction of sp³-hybridized carbons (Fsp3) is 0.231. The van der Waals surface area contributed by atoms with E-state index in [1.165, 1.54) is 29.5 Å². The highest BCUT2D eigenvalue weighted by Gasteiger charge is 2.16. The minimum atomic E-state index is -0.972. The number of carbonyl (C=O) groups is 1. The smallest absolute Gasteiger partial charge is 0.310 e.